The summed E-state index contributed by atoms with van der Waals surface area (Å²) in [5.74, 6) is 6.77. The number of rotatable bonds is 4. The zero-order valence-corrected chi connectivity index (χ0v) is 30.8. The lowest BCUT2D eigenvalue weighted by molar-refractivity contribution is -0.184. The lowest BCUT2D eigenvalue weighted by Gasteiger charge is -2.69. The van der Waals surface area contributed by atoms with Crippen molar-refractivity contribution in [2.24, 2.45) is 75.4 Å². The molecule has 3 nitrogen and oxygen atoms in total. The highest BCUT2D eigenvalue weighted by atomic mass is 16.2. The van der Waals surface area contributed by atoms with Gasteiger partial charge < -0.3 is 0 Å². The van der Waals surface area contributed by atoms with Gasteiger partial charge in [0, 0.05) is 16.9 Å². The summed E-state index contributed by atoms with van der Waals surface area (Å²) in [7, 11) is 0. The fourth-order valence-corrected chi connectivity index (χ4v) is 15.2. The molecule has 8 aliphatic rings. The molecule has 0 amide bonds. The van der Waals surface area contributed by atoms with Gasteiger partial charge in [0.2, 0.25) is 0 Å². The van der Waals surface area contributed by atoms with Crippen molar-refractivity contribution >= 4 is 17.3 Å². The van der Waals surface area contributed by atoms with Crippen molar-refractivity contribution < 1.29 is 14.4 Å². The molecule has 1 aromatic rings. The van der Waals surface area contributed by atoms with E-state index < -0.39 is 5.41 Å². The molecule has 3 heteroatoms. The second kappa shape index (κ2) is 10.5. The minimum Gasteiger partial charge on any atom is -0.294 e. The summed E-state index contributed by atoms with van der Waals surface area (Å²) in [6.07, 6.45) is 13.6. The van der Waals surface area contributed by atoms with Crippen LogP contribution in [0.5, 0.6) is 0 Å². The number of hydrogen-bond acceptors (Lipinski definition) is 3. The van der Waals surface area contributed by atoms with Crippen LogP contribution in [0.2, 0.25) is 0 Å². The first kappa shape index (κ1) is 32.2. The highest BCUT2D eigenvalue weighted by Crippen LogP contribution is 2.73. The van der Waals surface area contributed by atoms with Crippen LogP contribution in [0.1, 0.15) is 146 Å². The van der Waals surface area contributed by atoms with Crippen LogP contribution in [0.3, 0.4) is 0 Å². The van der Waals surface area contributed by atoms with Gasteiger partial charge in [0.15, 0.2) is 17.3 Å². The Kier molecular flexibility index (Phi) is 7.19. The normalized spacial score (nSPS) is 48.4. The molecule has 9 unspecified atom stereocenters. The molecule has 9 rings (SSSR count). The van der Waals surface area contributed by atoms with Crippen molar-refractivity contribution in [1.29, 1.82) is 0 Å². The van der Waals surface area contributed by atoms with Crippen molar-refractivity contribution in [3.05, 3.63) is 45.5 Å². The zero-order valence-electron chi connectivity index (χ0n) is 30.8. The van der Waals surface area contributed by atoms with E-state index >= 15 is 4.79 Å². The van der Waals surface area contributed by atoms with E-state index in [-0.39, 0.29) is 51.9 Å². The zero-order chi connectivity index (χ0) is 33.5. The average molecular weight is 637 g/mol. The minimum absolute atomic E-state index is 0.0238. The SMILES string of the molecule is CC(=O)C1=C(C)CC2(C)C(C)C3(C)C(C)c4ccc(CC5CCC(C6C7CC8CC(C7)CC6C8)C5)c(C)c4C(=O)C3C(C)C2(C)C1=O. The van der Waals surface area contributed by atoms with Crippen molar-refractivity contribution in [2.45, 2.75) is 132 Å². The Morgan fingerprint density at radius 1 is 0.851 bits per heavy atom. The van der Waals surface area contributed by atoms with Crippen molar-refractivity contribution in [2.75, 3.05) is 0 Å². The van der Waals surface area contributed by atoms with Crippen molar-refractivity contribution in [1.82, 2.24) is 0 Å². The number of benzene rings is 1. The van der Waals surface area contributed by atoms with Crippen LogP contribution in [0.25, 0.3) is 0 Å². The summed E-state index contributed by atoms with van der Waals surface area (Å²) < 4.78 is 0. The fourth-order valence-electron chi connectivity index (χ4n) is 15.2. The molecule has 0 saturated heterocycles. The number of carbonyl (C=O) groups excluding carboxylic acids is 3. The molecular weight excluding hydrogens is 576 g/mol. The highest BCUT2D eigenvalue weighted by Gasteiger charge is 2.72. The maximum Gasteiger partial charge on any atom is 0.173 e. The van der Waals surface area contributed by atoms with E-state index in [2.05, 4.69) is 60.6 Å². The number of ketones is 3. The molecule has 0 spiro atoms. The molecule has 254 valence electrons. The van der Waals surface area contributed by atoms with E-state index in [0.29, 0.717) is 5.57 Å². The molecule has 0 aromatic heterocycles. The maximum absolute atomic E-state index is 15.1. The number of carbonyl (C=O) groups is 3. The number of fused-ring (bicyclic) bond motifs is 3. The van der Waals surface area contributed by atoms with Crippen molar-refractivity contribution in [3.63, 3.8) is 0 Å². The molecule has 0 N–H and O–H groups in total. The molecule has 9 atom stereocenters. The number of Topliss-reactive ketones (excluding diaryl/α,β-unsaturated/α-hetero) is 3. The summed E-state index contributed by atoms with van der Waals surface area (Å²) in [5.41, 5.74) is 4.69. The second-order valence-electron chi connectivity index (χ2n) is 19.2. The molecular formula is C44H60O3. The molecule has 1 aromatic carbocycles. The van der Waals surface area contributed by atoms with Crippen molar-refractivity contribution in [3.8, 4) is 0 Å². The molecule has 6 fully saturated rings. The molecule has 47 heavy (non-hydrogen) atoms. The predicted octanol–water partition coefficient (Wildman–Crippen LogP) is 10.1. The maximum atomic E-state index is 15.1. The first-order valence-corrected chi connectivity index (χ1v) is 19.5. The Labute approximate surface area is 284 Å². The lowest BCUT2D eigenvalue weighted by atomic mass is 9.33. The summed E-state index contributed by atoms with van der Waals surface area (Å²) >= 11 is 0. The smallest absolute Gasteiger partial charge is 0.173 e. The molecule has 0 radical (unpaired) electrons. The molecule has 0 aliphatic heterocycles. The number of allylic oxidation sites excluding steroid dienone is 2. The van der Waals surface area contributed by atoms with E-state index in [1.54, 1.807) is 0 Å². The van der Waals surface area contributed by atoms with Gasteiger partial charge in [-0.05, 0) is 172 Å². The van der Waals surface area contributed by atoms with Crippen LogP contribution in [-0.2, 0) is 16.0 Å². The van der Waals surface area contributed by atoms with Crippen LogP contribution in [0.4, 0.5) is 0 Å². The first-order valence-electron chi connectivity index (χ1n) is 19.5. The third kappa shape index (κ3) is 4.07. The Bertz CT molecular complexity index is 1570. The van der Waals surface area contributed by atoms with E-state index in [9.17, 15) is 9.59 Å². The monoisotopic (exact) mass is 636 g/mol. The standard InChI is InChI=1S/C44H60O3/c1-22-21-42(7)27(6)43(8)24(3)35-13-12-31(15-28-10-11-32(16-28)38-33-17-29-14-30(19-33)20-34(38)18-29)23(2)37(35)40(46)39(43)25(4)44(42,9)41(47)36(22)26(5)45/h12-13,24-25,27-30,32-34,38-39H,10-11,14-21H2,1-9H3. The topological polar surface area (TPSA) is 51.2 Å². The van der Waals surface area contributed by atoms with E-state index in [0.717, 1.165) is 65.4 Å². The predicted molar refractivity (Wildman–Crippen MR) is 188 cm³/mol. The number of hydrogen-bond donors (Lipinski definition) is 0. The summed E-state index contributed by atoms with van der Waals surface area (Å²) in [6.45, 7) is 19.3. The fraction of sp³-hybridized carbons (Fsp3) is 0.750. The molecule has 6 saturated carbocycles. The largest absolute Gasteiger partial charge is 0.294 e. The summed E-state index contributed by atoms with van der Waals surface area (Å²) in [6, 6.07) is 4.71. The average Bonchev–Trinajstić information content (AvgIpc) is 3.45. The summed E-state index contributed by atoms with van der Waals surface area (Å²) in [4.78, 5) is 42.3. The van der Waals surface area contributed by atoms with Gasteiger partial charge in [-0.25, -0.2) is 0 Å². The second-order valence-corrected chi connectivity index (χ2v) is 19.2. The Balaban J connectivity index is 1.10. The van der Waals surface area contributed by atoms with E-state index in [4.69, 9.17) is 0 Å². The van der Waals surface area contributed by atoms with Gasteiger partial charge in [0.25, 0.3) is 0 Å². The van der Waals surface area contributed by atoms with E-state index in [1.165, 1.54) is 75.0 Å². The van der Waals surface area contributed by atoms with Gasteiger partial charge in [-0.3, -0.25) is 14.4 Å². The Morgan fingerprint density at radius 3 is 2.11 bits per heavy atom. The van der Waals surface area contributed by atoms with Crippen LogP contribution >= 0.6 is 0 Å². The van der Waals surface area contributed by atoms with Crippen LogP contribution in [0, 0.1) is 82.3 Å². The first-order chi connectivity index (χ1) is 22.1. The van der Waals surface area contributed by atoms with Gasteiger partial charge in [-0.1, -0.05) is 59.2 Å². The van der Waals surface area contributed by atoms with Gasteiger partial charge in [0.05, 0.1) is 5.57 Å². The minimum atomic E-state index is -0.772. The Morgan fingerprint density at radius 2 is 1.49 bits per heavy atom. The van der Waals surface area contributed by atoms with Gasteiger partial charge in [0.1, 0.15) is 0 Å². The Hall–Kier alpha value is -2.03. The molecule has 0 heterocycles. The van der Waals surface area contributed by atoms with Gasteiger partial charge >= 0.3 is 0 Å². The molecule has 8 aliphatic carbocycles. The third-order valence-corrected chi connectivity index (χ3v) is 17.7. The van der Waals surface area contributed by atoms with E-state index in [1.807, 2.05) is 6.92 Å². The summed E-state index contributed by atoms with van der Waals surface area (Å²) in [5, 5.41) is 0. The molecule has 4 bridgehead atoms. The van der Waals surface area contributed by atoms with Crippen LogP contribution in [-0.4, -0.2) is 17.3 Å². The van der Waals surface area contributed by atoms with Crippen LogP contribution in [0.15, 0.2) is 23.3 Å². The quantitative estimate of drug-likeness (QED) is 0.309. The lowest BCUT2D eigenvalue weighted by Crippen LogP contribution is -2.68. The van der Waals surface area contributed by atoms with Gasteiger partial charge in [-0.2, -0.15) is 0 Å². The third-order valence-electron chi connectivity index (χ3n) is 17.7. The van der Waals surface area contributed by atoms with Crippen LogP contribution < -0.4 is 0 Å². The van der Waals surface area contributed by atoms with Gasteiger partial charge in [-0.15, -0.1) is 0 Å². The highest BCUT2D eigenvalue weighted by molar-refractivity contribution is 6.23.